The number of fused-ring (bicyclic) bond motifs is 1. The van der Waals surface area contributed by atoms with Crippen LogP contribution in [0.25, 0.3) is 22.5 Å². The Morgan fingerprint density at radius 2 is 2.10 bits per heavy atom. The number of hydrogen-bond acceptors (Lipinski definition) is 6. The maximum Gasteiger partial charge on any atom is 0.260 e. The Morgan fingerprint density at radius 1 is 1.29 bits per heavy atom. The van der Waals surface area contributed by atoms with E-state index in [4.69, 9.17) is 4.52 Å². The standard InChI is InChI=1S/C14H14FN5O/c1-8(16-2)5-12-19-14(21-20-12)10-6-9(15)7-11-13(10)18-4-3-17-11/h3-4,6-8,16H,5H2,1-2H3. The fourth-order valence-electron chi connectivity index (χ4n) is 2.03. The lowest BCUT2D eigenvalue weighted by molar-refractivity contribution is 0.418. The number of likely N-dealkylation sites (N-methyl/N-ethyl adjacent to an activating group) is 1. The molecule has 6 nitrogen and oxygen atoms in total. The highest BCUT2D eigenvalue weighted by molar-refractivity contribution is 5.88. The summed E-state index contributed by atoms with van der Waals surface area (Å²) < 4.78 is 18.9. The molecule has 1 atom stereocenters. The molecule has 0 bridgehead atoms. The second-order valence-corrected chi connectivity index (χ2v) is 4.79. The molecule has 1 aromatic carbocycles. The zero-order chi connectivity index (χ0) is 14.8. The van der Waals surface area contributed by atoms with Crippen molar-refractivity contribution in [1.82, 2.24) is 25.4 Å². The van der Waals surface area contributed by atoms with Gasteiger partial charge in [-0.15, -0.1) is 0 Å². The zero-order valence-electron chi connectivity index (χ0n) is 11.7. The van der Waals surface area contributed by atoms with Crippen LogP contribution in [0.2, 0.25) is 0 Å². The summed E-state index contributed by atoms with van der Waals surface area (Å²) >= 11 is 0. The molecule has 1 unspecified atom stereocenters. The van der Waals surface area contributed by atoms with Gasteiger partial charge in [-0.25, -0.2) is 4.39 Å². The van der Waals surface area contributed by atoms with E-state index in [0.29, 0.717) is 28.8 Å². The van der Waals surface area contributed by atoms with Crippen LogP contribution in [0.3, 0.4) is 0 Å². The lowest BCUT2D eigenvalue weighted by atomic mass is 10.1. The van der Waals surface area contributed by atoms with Gasteiger partial charge in [0.15, 0.2) is 5.82 Å². The number of nitrogens with zero attached hydrogens (tertiary/aromatic N) is 4. The Balaban J connectivity index is 2.04. The van der Waals surface area contributed by atoms with E-state index in [1.54, 1.807) is 6.20 Å². The van der Waals surface area contributed by atoms with Crippen molar-refractivity contribution in [3.05, 3.63) is 36.2 Å². The first-order chi connectivity index (χ1) is 10.2. The molecule has 0 spiro atoms. The summed E-state index contributed by atoms with van der Waals surface area (Å²) in [5.41, 5.74) is 1.44. The van der Waals surface area contributed by atoms with E-state index in [1.165, 1.54) is 18.3 Å². The highest BCUT2D eigenvalue weighted by Crippen LogP contribution is 2.26. The third kappa shape index (κ3) is 2.73. The van der Waals surface area contributed by atoms with Gasteiger partial charge < -0.3 is 9.84 Å². The highest BCUT2D eigenvalue weighted by Gasteiger charge is 2.16. The molecule has 0 saturated carbocycles. The predicted octanol–water partition coefficient (Wildman–Crippen LogP) is 1.97. The van der Waals surface area contributed by atoms with E-state index >= 15 is 0 Å². The Labute approximate surface area is 120 Å². The fourth-order valence-corrected chi connectivity index (χ4v) is 2.03. The van der Waals surface area contributed by atoms with Crippen molar-refractivity contribution in [1.29, 1.82) is 0 Å². The summed E-state index contributed by atoms with van der Waals surface area (Å²) in [5.74, 6) is 0.396. The molecular weight excluding hydrogens is 273 g/mol. The maximum atomic E-state index is 13.7. The Hall–Kier alpha value is -2.41. The summed E-state index contributed by atoms with van der Waals surface area (Å²) in [4.78, 5) is 12.6. The second kappa shape index (κ2) is 5.53. The Kier molecular flexibility index (Phi) is 3.57. The van der Waals surface area contributed by atoms with Crippen LogP contribution >= 0.6 is 0 Å². The first-order valence-electron chi connectivity index (χ1n) is 6.58. The molecule has 21 heavy (non-hydrogen) atoms. The third-order valence-electron chi connectivity index (χ3n) is 3.22. The van der Waals surface area contributed by atoms with E-state index in [-0.39, 0.29) is 11.9 Å². The molecule has 0 aliphatic rings. The fraction of sp³-hybridized carbons (Fsp3) is 0.286. The molecule has 2 heterocycles. The molecule has 0 amide bonds. The SMILES string of the molecule is CNC(C)Cc1noc(-c2cc(F)cc3nccnc23)n1. The van der Waals surface area contributed by atoms with Gasteiger partial charge in [0.05, 0.1) is 11.1 Å². The van der Waals surface area contributed by atoms with Gasteiger partial charge in [0.25, 0.3) is 5.89 Å². The molecule has 3 rings (SSSR count). The van der Waals surface area contributed by atoms with Crippen molar-refractivity contribution in [3.8, 4) is 11.5 Å². The van der Waals surface area contributed by atoms with Gasteiger partial charge in [0.2, 0.25) is 0 Å². The number of halogens is 1. The summed E-state index contributed by atoms with van der Waals surface area (Å²) in [7, 11) is 1.86. The molecule has 0 saturated heterocycles. The van der Waals surface area contributed by atoms with Crippen LogP contribution in [0.5, 0.6) is 0 Å². The Morgan fingerprint density at radius 3 is 2.90 bits per heavy atom. The quantitative estimate of drug-likeness (QED) is 0.790. The molecule has 3 aromatic rings. The van der Waals surface area contributed by atoms with Crippen molar-refractivity contribution in [3.63, 3.8) is 0 Å². The molecule has 2 aromatic heterocycles. The van der Waals surface area contributed by atoms with Crippen LogP contribution < -0.4 is 5.32 Å². The van der Waals surface area contributed by atoms with E-state index in [0.717, 1.165) is 0 Å². The van der Waals surface area contributed by atoms with Gasteiger partial charge >= 0.3 is 0 Å². The molecule has 0 fully saturated rings. The molecule has 0 radical (unpaired) electrons. The van der Waals surface area contributed by atoms with Gasteiger partial charge in [0, 0.05) is 30.9 Å². The average Bonchev–Trinajstić information content (AvgIpc) is 2.94. The maximum absolute atomic E-state index is 13.7. The number of hydrogen-bond donors (Lipinski definition) is 1. The van der Waals surface area contributed by atoms with Crippen LogP contribution in [-0.2, 0) is 6.42 Å². The first-order valence-corrected chi connectivity index (χ1v) is 6.58. The highest BCUT2D eigenvalue weighted by atomic mass is 19.1. The minimum absolute atomic E-state index is 0.222. The van der Waals surface area contributed by atoms with Gasteiger partial charge in [-0.3, -0.25) is 9.97 Å². The van der Waals surface area contributed by atoms with Crippen molar-refractivity contribution >= 4 is 11.0 Å². The largest absolute Gasteiger partial charge is 0.334 e. The van der Waals surface area contributed by atoms with Crippen molar-refractivity contribution < 1.29 is 8.91 Å². The van der Waals surface area contributed by atoms with E-state index < -0.39 is 5.82 Å². The molecule has 1 N–H and O–H groups in total. The predicted molar refractivity (Wildman–Crippen MR) is 75.0 cm³/mol. The third-order valence-corrected chi connectivity index (χ3v) is 3.22. The summed E-state index contributed by atoms with van der Waals surface area (Å²) in [6.45, 7) is 2.01. The van der Waals surface area contributed by atoms with Crippen LogP contribution in [0.1, 0.15) is 12.7 Å². The van der Waals surface area contributed by atoms with E-state index in [9.17, 15) is 4.39 Å². The summed E-state index contributed by atoms with van der Waals surface area (Å²) in [5, 5.41) is 7.02. The van der Waals surface area contributed by atoms with E-state index in [2.05, 4.69) is 25.4 Å². The van der Waals surface area contributed by atoms with Crippen LogP contribution in [0.15, 0.2) is 29.0 Å². The first kappa shape index (κ1) is 13.6. The minimum atomic E-state index is -0.415. The van der Waals surface area contributed by atoms with Crippen molar-refractivity contribution in [2.75, 3.05) is 7.05 Å². The monoisotopic (exact) mass is 287 g/mol. The normalized spacial score (nSPS) is 12.7. The molecular formula is C14H14FN5O. The van der Waals surface area contributed by atoms with Gasteiger partial charge in [-0.2, -0.15) is 4.98 Å². The molecule has 7 heteroatoms. The van der Waals surface area contributed by atoms with Crippen molar-refractivity contribution in [2.24, 2.45) is 0 Å². The topological polar surface area (TPSA) is 76.7 Å². The molecule has 0 aliphatic heterocycles. The average molecular weight is 287 g/mol. The van der Waals surface area contributed by atoms with Crippen LogP contribution in [0.4, 0.5) is 4.39 Å². The smallest absolute Gasteiger partial charge is 0.260 e. The number of benzene rings is 1. The van der Waals surface area contributed by atoms with Gasteiger partial charge in [0.1, 0.15) is 11.3 Å². The summed E-state index contributed by atoms with van der Waals surface area (Å²) in [6, 6.07) is 2.88. The van der Waals surface area contributed by atoms with Crippen molar-refractivity contribution in [2.45, 2.75) is 19.4 Å². The molecule has 0 aliphatic carbocycles. The minimum Gasteiger partial charge on any atom is -0.334 e. The van der Waals surface area contributed by atoms with Gasteiger partial charge in [-0.05, 0) is 20.0 Å². The Bertz CT molecular complexity index is 773. The van der Waals surface area contributed by atoms with Crippen LogP contribution in [-0.4, -0.2) is 33.2 Å². The lowest BCUT2D eigenvalue weighted by Crippen LogP contribution is -2.24. The second-order valence-electron chi connectivity index (χ2n) is 4.79. The lowest BCUT2D eigenvalue weighted by Gasteiger charge is -2.04. The summed E-state index contributed by atoms with van der Waals surface area (Å²) in [6.07, 6.45) is 3.68. The number of aromatic nitrogens is 4. The number of nitrogens with one attached hydrogen (secondary N) is 1. The zero-order valence-corrected chi connectivity index (χ0v) is 11.7. The molecule has 108 valence electrons. The van der Waals surface area contributed by atoms with Gasteiger partial charge in [-0.1, -0.05) is 5.16 Å². The van der Waals surface area contributed by atoms with E-state index in [1.807, 2.05) is 14.0 Å². The van der Waals surface area contributed by atoms with Crippen LogP contribution in [0, 0.1) is 5.82 Å². The number of rotatable bonds is 4.